The molecule has 1 rings (SSSR count). The Bertz CT molecular complexity index is 420. The van der Waals surface area contributed by atoms with Crippen LogP contribution < -0.4 is 10.6 Å². The van der Waals surface area contributed by atoms with Crippen LogP contribution in [0.2, 0.25) is 0 Å². The van der Waals surface area contributed by atoms with E-state index in [2.05, 4.69) is 34.6 Å². The van der Waals surface area contributed by atoms with E-state index in [4.69, 9.17) is 0 Å². The van der Waals surface area contributed by atoms with Crippen LogP contribution in [-0.4, -0.2) is 49.0 Å². The fourth-order valence-electron chi connectivity index (χ4n) is 1.69. The summed E-state index contributed by atoms with van der Waals surface area (Å²) in [6.45, 7) is 5.95. The largest absolute Gasteiger partial charge is 0.385 e. The predicted molar refractivity (Wildman–Crippen MR) is 83.1 cm³/mol. The molecular weight excluding hydrogens is 252 g/mol. The van der Waals surface area contributed by atoms with Crippen molar-refractivity contribution in [3.63, 3.8) is 0 Å². The number of hydrogen-bond donors (Lipinski definition) is 2. The van der Waals surface area contributed by atoms with E-state index in [0.717, 1.165) is 31.6 Å². The summed E-state index contributed by atoms with van der Waals surface area (Å²) in [7, 11) is 4.12. The van der Waals surface area contributed by atoms with Crippen LogP contribution in [0.25, 0.3) is 0 Å². The first-order valence-corrected chi connectivity index (χ1v) is 7.18. The second kappa shape index (κ2) is 8.53. The molecule has 0 aromatic carbocycles. The molecule has 0 aliphatic heterocycles. The van der Waals surface area contributed by atoms with Crippen LogP contribution in [-0.2, 0) is 0 Å². The minimum atomic E-state index is -0.115. The molecule has 5 nitrogen and oxygen atoms in total. The first-order chi connectivity index (χ1) is 9.52. The van der Waals surface area contributed by atoms with Gasteiger partial charge >= 0.3 is 0 Å². The smallest absolute Gasteiger partial charge is 0.270 e. The summed E-state index contributed by atoms with van der Waals surface area (Å²) in [6, 6.07) is 3.85. The molecule has 1 amide bonds. The Morgan fingerprint density at radius 2 is 2.20 bits per heavy atom. The van der Waals surface area contributed by atoms with Gasteiger partial charge in [0.25, 0.3) is 5.91 Å². The Morgan fingerprint density at radius 3 is 2.85 bits per heavy atom. The Kier molecular flexibility index (Phi) is 7.01. The van der Waals surface area contributed by atoms with Gasteiger partial charge in [-0.3, -0.25) is 9.78 Å². The molecule has 0 fully saturated rings. The third-order valence-electron chi connectivity index (χ3n) is 3.09. The van der Waals surface area contributed by atoms with Crippen molar-refractivity contribution in [1.82, 2.24) is 15.2 Å². The van der Waals surface area contributed by atoms with Gasteiger partial charge in [-0.05, 0) is 52.5 Å². The Morgan fingerprint density at radius 1 is 1.45 bits per heavy atom. The van der Waals surface area contributed by atoms with Crippen molar-refractivity contribution in [1.29, 1.82) is 0 Å². The maximum absolute atomic E-state index is 12.0. The third kappa shape index (κ3) is 6.02. The van der Waals surface area contributed by atoms with E-state index in [1.807, 2.05) is 19.9 Å². The molecule has 112 valence electrons. The van der Waals surface area contributed by atoms with Crippen molar-refractivity contribution < 1.29 is 4.79 Å². The highest BCUT2D eigenvalue weighted by Gasteiger charge is 2.10. The van der Waals surface area contributed by atoms with Crippen LogP contribution in [0, 0.1) is 0 Å². The average Bonchev–Trinajstić information content (AvgIpc) is 2.43. The lowest BCUT2D eigenvalue weighted by Crippen LogP contribution is -2.32. The topological polar surface area (TPSA) is 57.3 Å². The number of carbonyl (C=O) groups excluding carboxylic acids is 1. The number of nitrogens with one attached hydrogen (secondary N) is 2. The maximum atomic E-state index is 12.0. The fraction of sp³-hybridized carbons (Fsp3) is 0.600. The molecule has 1 atom stereocenters. The highest BCUT2D eigenvalue weighted by atomic mass is 16.1. The lowest BCUT2D eigenvalue weighted by Gasteiger charge is -2.12. The fourth-order valence-corrected chi connectivity index (χ4v) is 1.69. The zero-order valence-corrected chi connectivity index (χ0v) is 12.9. The lowest BCUT2D eigenvalue weighted by molar-refractivity contribution is 0.0934. The van der Waals surface area contributed by atoms with E-state index in [-0.39, 0.29) is 11.9 Å². The SMILES string of the molecule is CCC(C)NC(=O)c1cc(NCCCN(C)C)ccn1. The molecular formula is C15H26N4O. The van der Waals surface area contributed by atoms with Gasteiger partial charge in [-0.2, -0.15) is 0 Å². The number of rotatable bonds is 8. The summed E-state index contributed by atoms with van der Waals surface area (Å²) in [6.07, 6.45) is 3.64. The minimum absolute atomic E-state index is 0.115. The minimum Gasteiger partial charge on any atom is -0.385 e. The van der Waals surface area contributed by atoms with Crippen molar-refractivity contribution in [3.05, 3.63) is 24.0 Å². The zero-order valence-electron chi connectivity index (χ0n) is 12.9. The molecule has 5 heteroatoms. The molecule has 1 aromatic heterocycles. The highest BCUT2D eigenvalue weighted by Crippen LogP contribution is 2.08. The molecule has 0 saturated heterocycles. The molecule has 2 N–H and O–H groups in total. The van der Waals surface area contributed by atoms with E-state index in [0.29, 0.717) is 5.69 Å². The van der Waals surface area contributed by atoms with Gasteiger partial charge in [0.1, 0.15) is 5.69 Å². The summed E-state index contributed by atoms with van der Waals surface area (Å²) in [5.41, 5.74) is 1.40. The number of hydrogen-bond acceptors (Lipinski definition) is 4. The second-order valence-electron chi connectivity index (χ2n) is 5.30. The summed E-state index contributed by atoms with van der Waals surface area (Å²) in [4.78, 5) is 18.3. The van der Waals surface area contributed by atoms with Gasteiger partial charge in [0.15, 0.2) is 0 Å². The number of carbonyl (C=O) groups is 1. The Balaban J connectivity index is 2.50. The van der Waals surface area contributed by atoms with Crippen LogP contribution in [0.5, 0.6) is 0 Å². The van der Waals surface area contributed by atoms with Crippen molar-refractivity contribution in [2.24, 2.45) is 0 Å². The molecule has 0 bridgehead atoms. The summed E-state index contributed by atoms with van der Waals surface area (Å²) < 4.78 is 0. The van der Waals surface area contributed by atoms with E-state index in [1.54, 1.807) is 12.3 Å². The van der Waals surface area contributed by atoms with Crippen LogP contribution in [0.4, 0.5) is 5.69 Å². The standard InChI is InChI=1S/C15H26N4O/c1-5-12(2)18-15(20)14-11-13(7-9-17-14)16-8-6-10-19(3)4/h7,9,11-12H,5-6,8,10H2,1-4H3,(H,16,17)(H,18,20). The second-order valence-corrected chi connectivity index (χ2v) is 5.30. The van der Waals surface area contributed by atoms with Crippen LogP contribution >= 0.6 is 0 Å². The number of aromatic nitrogens is 1. The van der Waals surface area contributed by atoms with E-state index in [9.17, 15) is 4.79 Å². The molecule has 0 radical (unpaired) electrons. The molecule has 0 saturated carbocycles. The monoisotopic (exact) mass is 278 g/mol. The van der Waals surface area contributed by atoms with Gasteiger partial charge in [0, 0.05) is 24.5 Å². The van der Waals surface area contributed by atoms with Gasteiger partial charge < -0.3 is 15.5 Å². The number of nitrogens with zero attached hydrogens (tertiary/aromatic N) is 2. The van der Waals surface area contributed by atoms with Crippen LogP contribution in [0.15, 0.2) is 18.3 Å². The van der Waals surface area contributed by atoms with Gasteiger partial charge in [0.2, 0.25) is 0 Å². The average molecular weight is 278 g/mol. The first kappa shape index (κ1) is 16.4. The summed E-state index contributed by atoms with van der Waals surface area (Å²) in [5.74, 6) is -0.115. The number of amides is 1. The Hall–Kier alpha value is -1.62. The third-order valence-corrected chi connectivity index (χ3v) is 3.09. The van der Waals surface area contributed by atoms with Crippen molar-refractivity contribution >= 4 is 11.6 Å². The molecule has 20 heavy (non-hydrogen) atoms. The number of anilines is 1. The predicted octanol–water partition coefficient (Wildman–Crippen LogP) is 1.97. The van der Waals surface area contributed by atoms with Crippen LogP contribution in [0.3, 0.4) is 0 Å². The molecule has 1 heterocycles. The first-order valence-electron chi connectivity index (χ1n) is 7.18. The molecule has 0 spiro atoms. The molecule has 0 aliphatic rings. The normalized spacial score (nSPS) is 12.2. The van der Waals surface area contributed by atoms with Gasteiger partial charge in [-0.15, -0.1) is 0 Å². The molecule has 1 aromatic rings. The van der Waals surface area contributed by atoms with Crippen LogP contribution in [0.1, 0.15) is 37.2 Å². The highest BCUT2D eigenvalue weighted by molar-refractivity contribution is 5.93. The quantitative estimate of drug-likeness (QED) is 0.714. The molecule has 0 aliphatic carbocycles. The van der Waals surface area contributed by atoms with Crippen molar-refractivity contribution in [3.8, 4) is 0 Å². The lowest BCUT2D eigenvalue weighted by atomic mass is 10.2. The van der Waals surface area contributed by atoms with Gasteiger partial charge in [0.05, 0.1) is 0 Å². The molecule has 1 unspecified atom stereocenters. The van der Waals surface area contributed by atoms with E-state index >= 15 is 0 Å². The zero-order chi connectivity index (χ0) is 15.0. The van der Waals surface area contributed by atoms with Gasteiger partial charge in [-0.25, -0.2) is 0 Å². The maximum Gasteiger partial charge on any atom is 0.270 e. The van der Waals surface area contributed by atoms with Crippen molar-refractivity contribution in [2.45, 2.75) is 32.7 Å². The van der Waals surface area contributed by atoms with Gasteiger partial charge in [-0.1, -0.05) is 6.92 Å². The Labute approximate surface area is 121 Å². The summed E-state index contributed by atoms with van der Waals surface area (Å²) >= 11 is 0. The van der Waals surface area contributed by atoms with E-state index < -0.39 is 0 Å². The van der Waals surface area contributed by atoms with Crippen molar-refractivity contribution in [2.75, 3.05) is 32.5 Å². The van der Waals surface area contributed by atoms with E-state index in [1.165, 1.54) is 0 Å². The number of pyridine rings is 1. The summed E-state index contributed by atoms with van der Waals surface area (Å²) in [5, 5.41) is 6.24.